The van der Waals surface area contributed by atoms with Crippen molar-refractivity contribution in [2.45, 2.75) is 19.4 Å². The molecule has 1 aromatic heterocycles. The molecule has 2 heterocycles. The first-order valence-corrected chi connectivity index (χ1v) is 6.00. The molecule has 1 aromatic rings. The molecule has 0 radical (unpaired) electrons. The molecule has 0 aliphatic carbocycles. The van der Waals surface area contributed by atoms with Gasteiger partial charge in [0.05, 0.1) is 17.4 Å². The van der Waals surface area contributed by atoms with Crippen molar-refractivity contribution in [3.05, 3.63) is 24.0 Å². The summed E-state index contributed by atoms with van der Waals surface area (Å²) >= 11 is 0. The first kappa shape index (κ1) is 11.9. The van der Waals surface area contributed by atoms with Crippen molar-refractivity contribution in [2.24, 2.45) is 5.92 Å². The van der Waals surface area contributed by atoms with Gasteiger partial charge >= 0.3 is 0 Å². The summed E-state index contributed by atoms with van der Waals surface area (Å²) in [7, 11) is 2.15. The average Bonchev–Trinajstić information content (AvgIpc) is 2.33. The fourth-order valence-corrected chi connectivity index (χ4v) is 2.38. The third-order valence-corrected chi connectivity index (χ3v) is 3.39. The molecule has 1 fully saturated rings. The van der Waals surface area contributed by atoms with Crippen LogP contribution in [0.3, 0.4) is 0 Å². The predicted octanol–water partition coefficient (Wildman–Crippen LogP) is 1.71. The topological polar surface area (TPSA) is 52.0 Å². The fourth-order valence-electron chi connectivity index (χ4n) is 2.38. The van der Waals surface area contributed by atoms with Gasteiger partial charge in [-0.05, 0) is 32.0 Å². The van der Waals surface area contributed by atoms with Crippen LogP contribution in [0.15, 0.2) is 18.5 Å². The number of likely N-dealkylation sites (tertiary alicyclic amines) is 1. The molecule has 0 bridgehead atoms. The minimum Gasteiger partial charge on any atom is -0.380 e. The summed E-state index contributed by atoms with van der Waals surface area (Å²) in [6.07, 6.45) is 4.50. The Labute approximate surface area is 102 Å². The first-order chi connectivity index (χ1) is 8.20. The second-order valence-electron chi connectivity index (χ2n) is 4.81. The molecule has 90 valence electrons. The Hall–Kier alpha value is -1.60. The van der Waals surface area contributed by atoms with E-state index >= 15 is 0 Å². The van der Waals surface area contributed by atoms with Crippen molar-refractivity contribution in [2.75, 3.05) is 25.5 Å². The lowest BCUT2D eigenvalue weighted by Gasteiger charge is -2.35. The van der Waals surface area contributed by atoms with E-state index in [1.807, 2.05) is 0 Å². The molecule has 1 aliphatic heterocycles. The second-order valence-corrected chi connectivity index (χ2v) is 4.81. The average molecular weight is 230 g/mol. The maximum absolute atomic E-state index is 9.03. The summed E-state index contributed by atoms with van der Waals surface area (Å²) in [5, 5.41) is 12.5. The van der Waals surface area contributed by atoms with Crippen molar-refractivity contribution in [3.8, 4) is 6.07 Å². The maximum atomic E-state index is 9.03. The Morgan fingerprint density at radius 1 is 1.59 bits per heavy atom. The molecule has 0 aromatic carbocycles. The van der Waals surface area contributed by atoms with Gasteiger partial charge in [0.25, 0.3) is 0 Å². The molecule has 1 aliphatic rings. The Bertz CT molecular complexity index is 424. The molecule has 0 saturated carbocycles. The first-order valence-electron chi connectivity index (χ1n) is 6.00. The van der Waals surface area contributed by atoms with E-state index in [1.54, 1.807) is 18.5 Å². The standard InChI is InChI=1S/C13H18N4/c1-10-9-17(2)6-4-12(10)16-13-8-15-5-3-11(13)7-14/h3,5,8,10,12,16H,4,6,9H2,1-2H3. The fraction of sp³-hybridized carbons (Fsp3) is 0.538. The van der Waals surface area contributed by atoms with Crippen LogP contribution in [-0.2, 0) is 0 Å². The SMILES string of the molecule is CC1CN(C)CCC1Nc1cnccc1C#N. The monoisotopic (exact) mass is 230 g/mol. The quantitative estimate of drug-likeness (QED) is 0.840. The van der Waals surface area contributed by atoms with Gasteiger partial charge in [0.2, 0.25) is 0 Å². The van der Waals surface area contributed by atoms with Gasteiger partial charge < -0.3 is 10.2 Å². The predicted molar refractivity (Wildman–Crippen MR) is 67.6 cm³/mol. The Morgan fingerprint density at radius 3 is 3.12 bits per heavy atom. The summed E-state index contributed by atoms with van der Waals surface area (Å²) in [5.74, 6) is 0.584. The molecule has 0 amide bonds. The number of nitrogens with one attached hydrogen (secondary N) is 1. The molecule has 2 atom stereocenters. The molecule has 1 saturated heterocycles. The van der Waals surface area contributed by atoms with Gasteiger partial charge in [-0.25, -0.2) is 0 Å². The van der Waals surface area contributed by atoms with E-state index in [1.165, 1.54) is 0 Å². The lowest BCUT2D eigenvalue weighted by Crippen LogP contribution is -2.43. The zero-order valence-electron chi connectivity index (χ0n) is 10.3. The molecule has 17 heavy (non-hydrogen) atoms. The molecule has 0 spiro atoms. The van der Waals surface area contributed by atoms with Crippen LogP contribution in [0, 0.1) is 17.2 Å². The number of nitrogens with zero attached hydrogens (tertiary/aromatic N) is 3. The summed E-state index contributed by atoms with van der Waals surface area (Å²) in [4.78, 5) is 6.42. The third kappa shape index (κ3) is 2.75. The van der Waals surface area contributed by atoms with Crippen LogP contribution in [0.25, 0.3) is 0 Å². The van der Waals surface area contributed by atoms with Gasteiger partial charge in [-0.2, -0.15) is 5.26 Å². The summed E-state index contributed by atoms with van der Waals surface area (Å²) < 4.78 is 0. The van der Waals surface area contributed by atoms with Gasteiger partial charge in [-0.15, -0.1) is 0 Å². The van der Waals surface area contributed by atoms with Crippen molar-refractivity contribution >= 4 is 5.69 Å². The number of anilines is 1. The van der Waals surface area contributed by atoms with Crippen LogP contribution < -0.4 is 5.32 Å². The molecule has 4 nitrogen and oxygen atoms in total. The molecule has 1 N–H and O–H groups in total. The number of aromatic nitrogens is 1. The lowest BCUT2D eigenvalue weighted by molar-refractivity contribution is 0.206. The summed E-state index contributed by atoms with van der Waals surface area (Å²) in [5.41, 5.74) is 1.53. The minimum atomic E-state index is 0.433. The van der Waals surface area contributed by atoms with Crippen LogP contribution >= 0.6 is 0 Å². The van der Waals surface area contributed by atoms with Crippen LogP contribution in [-0.4, -0.2) is 36.1 Å². The zero-order chi connectivity index (χ0) is 12.3. The van der Waals surface area contributed by atoms with E-state index in [4.69, 9.17) is 5.26 Å². The van der Waals surface area contributed by atoms with Gasteiger partial charge in [0.1, 0.15) is 6.07 Å². The van der Waals surface area contributed by atoms with Crippen molar-refractivity contribution in [3.63, 3.8) is 0 Å². The summed E-state index contributed by atoms with van der Waals surface area (Å²) in [6.45, 7) is 4.44. The highest BCUT2D eigenvalue weighted by atomic mass is 15.1. The number of pyridine rings is 1. The number of nitriles is 1. The van der Waals surface area contributed by atoms with E-state index in [0.29, 0.717) is 17.5 Å². The van der Waals surface area contributed by atoms with Crippen molar-refractivity contribution < 1.29 is 0 Å². The van der Waals surface area contributed by atoms with Crippen LogP contribution in [0.5, 0.6) is 0 Å². The zero-order valence-corrected chi connectivity index (χ0v) is 10.3. The molecular formula is C13H18N4. The maximum Gasteiger partial charge on any atom is 0.101 e. The van der Waals surface area contributed by atoms with Crippen molar-refractivity contribution in [1.82, 2.24) is 9.88 Å². The van der Waals surface area contributed by atoms with Crippen LogP contribution in [0.4, 0.5) is 5.69 Å². The highest BCUT2D eigenvalue weighted by molar-refractivity contribution is 5.56. The van der Waals surface area contributed by atoms with Gasteiger partial charge in [0, 0.05) is 18.8 Å². The lowest BCUT2D eigenvalue weighted by atomic mass is 9.94. The number of hydrogen-bond acceptors (Lipinski definition) is 4. The Balaban J connectivity index is 2.08. The number of piperidine rings is 1. The highest BCUT2D eigenvalue weighted by Crippen LogP contribution is 2.21. The summed E-state index contributed by atoms with van der Waals surface area (Å²) in [6, 6.07) is 4.38. The molecule has 2 rings (SSSR count). The molecular weight excluding hydrogens is 212 g/mol. The van der Waals surface area contributed by atoms with Gasteiger partial charge in [-0.1, -0.05) is 6.92 Å². The van der Waals surface area contributed by atoms with Crippen molar-refractivity contribution in [1.29, 1.82) is 5.26 Å². The van der Waals surface area contributed by atoms with E-state index < -0.39 is 0 Å². The Morgan fingerprint density at radius 2 is 2.41 bits per heavy atom. The molecule has 4 heteroatoms. The van der Waals surface area contributed by atoms with Crippen LogP contribution in [0.1, 0.15) is 18.9 Å². The largest absolute Gasteiger partial charge is 0.380 e. The highest BCUT2D eigenvalue weighted by Gasteiger charge is 2.24. The number of hydrogen-bond donors (Lipinski definition) is 1. The van der Waals surface area contributed by atoms with E-state index in [2.05, 4.69) is 35.2 Å². The third-order valence-electron chi connectivity index (χ3n) is 3.39. The minimum absolute atomic E-state index is 0.433. The van der Waals surface area contributed by atoms with Crippen LogP contribution in [0.2, 0.25) is 0 Å². The van der Waals surface area contributed by atoms with E-state index in [0.717, 1.165) is 25.2 Å². The number of rotatable bonds is 2. The normalized spacial score (nSPS) is 25.2. The van der Waals surface area contributed by atoms with Gasteiger partial charge in [0.15, 0.2) is 0 Å². The Kier molecular flexibility index (Phi) is 3.60. The van der Waals surface area contributed by atoms with E-state index in [9.17, 15) is 0 Å². The smallest absolute Gasteiger partial charge is 0.101 e. The second kappa shape index (κ2) is 5.15. The van der Waals surface area contributed by atoms with Gasteiger partial charge in [-0.3, -0.25) is 4.98 Å². The molecule has 2 unspecified atom stereocenters. The van der Waals surface area contributed by atoms with E-state index in [-0.39, 0.29) is 0 Å².